The summed E-state index contributed by atoms with van der Waals surface area (Å²) in [6.45, 7) is 3.03. The van der Waals surface area contributed by atoms with Crippen molar-refractivity contribution in [2.45, 2.75) is 13.0 Å². The van der Waals surface area contributed by atoms with Gasteiger partial charge in [0.2, 0.25) is 5.56 Å². The maximum Gasteiger partial charge on any atom is 0.274 e. The first-order valence-corrected chi connectivity index (χ1v) is 9.05. The van der Waals surface area contributed by atoms with Crippen molar-refractivity contribution in [1.29, 1.82) is 0 Å². The molecule has 1 saturated heterocycles. The van der Waals surface area contributed by atoms with Gasteiger partial charge in [-0.2, -0.15) is 0 Å². The lowest BCUT2D eigenvalue weighted by molar-refractivity contribution is 0.0407. The quantitative estimate of drug-likeness (QED) is 0.726. The Morgan fingerprint density at radius 2 is 1.86 bits per heavy atom. The van der Waals surface area contributed by atoms with Crippen LogP contribution in [0.2, 0.25) is 0 Å². The van der Waals surface area contributed by atoms with Crippen LogP contribution in [0.1, 0.15) is 27.9 Å². The molecule has 0 aliphatic carbocycles. The molecule has 0 spiro atoms. The largest absolute Gasteiger partial charge is 0.333 e. The van der Waals surface area contributed by atoms with Gasteiger partial charge in [-0.25, -0.2) is 0 Å². The SMILES string of the molecule is C[C@H]1CN(C(=O)c2cc3ccccc3nn2)CCN1C(=O)c1cccc(=O)[nH]1. The second-order valence-electron chi connectivity index (χ2n) is 6.82. The van der Waals surface area contributed by atoms with Crippen molar-refractivity contribution < 1.29 is 9.59 Å². The normalized spacial score (nSPS) is 17.0. The van der Waals surface area contributed by atoms with E-state index >= 15 is 0 Å². The number of carbonyl (C=O) groups excluding carboxylic acids is 2. The standard InChI is InChI=1S/C20H19N5O3/c1-13-12-24(9-10-25(13)20(28)16-7-4-8-18(26)21-16)19(27)17-11-14-5-2-3-6-15(14)22-23-17/h2-8,11,13H,9-10,12H2,1H3,(H,21,26)/t13-/m0/s1. The van der Waals surface area contributed by atoms with E-state index in [1.165, 1.54) is 6.07 Å². The topological polar surface area (TPSA) is 99.3 Å². The molecule has 1 aromatic carbocycles. The molecule has 1 aliphatic heterocycles. The molecular weight excluding hydrogens is 358 g/mol. The molecular formula is C20H19N5O3. The molecule has 1 fully saturated rings. The van der Waals surface area contributed by atoms with Crippen LogP contribution in [-0.2, 0) is 0 Å². The van der Waals surface area contributed by atoms with Crippen molar-refractivity contribution in [3.63, 3.8) is 0 Å². The first-order valence-electron chi connectivity index (χ1n) is 9.05. The molecule has 1 aliphatic rings. The minimum Gasteiger partial charge on any atom is -0.333 e. The highest BCUT2D eigenvalue weighted by atomic mass is 16.2. The van der Waals surface area contributed by atoms with E-state index in [-0.39, 0.29) is 34.8 Å². The highest BCUT2D eigenvalue weighted by Crippen LogP contribution is 2.16. The van der Waals surface area contributed by atoms with Crippen LogP contribution in [0.3, 0.4) is 0 Å². The molecule has 0 radical (unpaired) electrons. The molecule has 0 saturated carbocycles. The molecule has 2 amide bonds. The number of pyridine rings is 1. The van der Waals surface area contributed by atoms with Crippen molar-refractivity contribution in [3.05, 3.63) is 70.3 Å². The summed E-state index contributed by atoms with van der Waals surface area (Å²) in [5.74, 6) is -0.451. The molecule has 0 bridgehead atoms. The Kier molecular flexibility index (Phi) is 4.60. The van der Waals surface area contributed by atoms with Gasteiger partial charge in [-0.3, -0.25) is 14.4 Å². The Balaban J connectivity index is 1.49. The van der Waals surface area contributed by atoms with Gasteiger partial charge in [-0.15, -0.1) is 10.2 Å². The van der Waals surface area contributed by atoms with E-state index in [1.807, 2.05) is 31.2 Å². The van der Waals surface area contributed by atoms with E-state index in [1.54, 1.807) is 28.0 Å². The van der Waals surface area contributed by atoms with Crippen molar-refractivity contribution >= 4 is 22.7 Å². The summed E-state index contributed by atoms with van der Waals surface area (Å²) in [6.07, 6.45) is 0. The van der Waals surface area contributed by atoms with E-state index in [2.05, 4.69) is 15.2 Å². The Hall–Kier alpha value is -3.55. The van der Waals surface area contributed by atoms with Gasteiger partial charge in [0.25, 0.3) is 11.8 Å². The highest BCUT2D eigenvalue weighted by molar-refractivity contribution is 5.96. The fourth-order valence-electron chi connectivity index (χ4n) is 3.42. The van der Waals surface area contributed by atoms with Gasteiger partial charge in [-0.05, 0) is 25.1 Å². The minimum absolute atomic E-state index is 0.192. The van der Waals surface area contributed by atoms with Gasteiger partial charge in [-0.1, -0.05) is 24.3 Å². The number of aromatic nitrogens is 3. The molecule has 1 N–H and O–H groups in total. The molecule has 0 unspecified atom stereocenters. The number of carbonyl (C=O) groups is 2. The number of nitrogens with one attached hydrogen (secondary N) is 1. The van der Waals surface area contributed by atoms with Gasteiger partial charge in [0, 0.05) is 37.1 Å². The van der Waals surface area contributed by atoms with E-state index in [0.29, 0.717) is 19.6 Å². The van der Waals surface area contributed by atoms with Gasteiger partial charge < -0.3 is 14.8 Å². The number of aromatic amines is 1. The van der Waals surface area contributed by atoms with Crippen molar-refractivity contribution in [2.24, 2.45) is 0 Å². The number of H-pyrrole nitrogens is 1. The molecule has 142 valence electrons. The maximum atomic E-state index is 12.9. The van der Waals surface area contributed by atoms with Crippen LogP contribution in [0.15, 0.2) is 53.3 Å². The summed E-state index contributed by atoms with van der Waals surface area (Å²) in [4.78, 5) is 42.9. The summed E-state index contributed by atoms with van der Waals surface area (Å²) in [7, 11) is 0. The zero-order valence-corrected chi connectivity index (χ0v) is 15.3. The number of benzene rings is 1. The summed E-state index contributed by atoms with van der Waals surface area (Å²) in [6, 6.07) is 13.5. The third-order valence-electron chi connectivity index (χ3n) is 4.89. The Morgan fingerprint density at radius 3 is 2.64 bits per heavy atom. The molecule has 8 heteroatoms. The van der Waals surface area contributed by atoms with Crippen LogP contribution < -0.4 is 5.56 Å². The van der Waals surface area contributed by atoms with Gasteiger partial charge >= 0.3 is 0 Å². The molecule has 1 atom stereocenters. The van der Waals surface area contributed by atoms with Crippen molar-refractivity contribution in [3.8, 4) is 0 Å². The monoisotopic (exact) mass is 377 g/mol. The van der Waals surface area contributed by atoms with E-state index in [0.717, 1.165) is 10.9 Å². The van der Waals surface area contributed by atoms with Gasteiger partial charge in [0.1, 0.15) is 5.69 Å². The van der Waals surface area contributed by atoms with Crippen LogP contribution in [0.5, 0.6) is 0 Å². The van der Waals surface area contributed by atoms with Crippen LogP contribution in [0, 0.1) is 0 Å². The average Bonchev–Trinajstić information content (AvgIpc) is 2.72. The lowest BCUT2D eigenvalue weighted by Gasteiger charge is -2.39. The van der Waals surface area contributed by atoms with Crippen LogP contribution in [0.4, 0.5) is 0 Å². The molecule has 28 heavy (non-hydrogen) atoms. The Labute approximate surface area is 160 Å². The fourth-order valence-corrected chi connectivity index (χ4v) is 3.42. The number of nitrogens with zero attached hydrogens (tertiary/aromatic N) is 4. The number of hydrogen-bond acceptors (Lipinski definition) is 5. The molecule has 3 heterocycles. The van der Waals surface area contributed by atoms with Crippen molar-refractivity contribution in [1.82, 2.24) is 25.0 Å². The second-order valence-corrected chi connectivity index (χ2v) is 6.82. The number of fused-ring (bicyclic) bond motifs is 1. The van der Waals surface area contributed by atoms with Gasteiger partial charge in [0.05, 0.1) is 5.52 Å². The summed E-state index contributed by atoms with van der Waals surface area (Å²) in [5.41, 5.74) is 0.958. The number of hydrogen-bond donors (Lipinski definition) is 1. The number of amides is 2. The van der Waals surface area contributed by atoms with Crippen LogP contribution in [-0.4, -0.2) is 62.5 Å². The summed E-state index contributed by atoms with van der Waals surface area (Å²) in [5, 5.41) is 9.03. The molecule has 2 aromatic heterocycles. The third-order valence-corrected chi connectivity index (χ3v) is 4.89. The van der Waals surface area contributed by atoms with Crippen LogP contribution in [0.25, 0.3) is 10.9 Å². The Bertz CT molecular complexity index is 1110. The molecule has 8 nitrogen and oxygen atoms in total. The lowest BCUT2D eigenvalue weighted by atomic mass is 10.1. The minimum atomic E-state index is -0.317. The highest BCUT2D eigenvalue weighted by Gasteiger charge is 2.31. The Morgan fingerprint density at radius 1 is 1.04 bits per heavy atom. The second kappa shape index (κ2) is 7.22. The molecule has 3 aromatic rings. The fraction of sp³-hybridized carbons (Fsp3) is 0.250. The zero-order chi connectivity index (χ0) is 19.7. The number of piperazine rings is 1. The van der Waals surface area contributed by atoms with E-state index < -0.39 is 0 Å². The average molecular weight is 377 g/mol. The number of rotatable bonds is 2. The predicted octanol–water partition coefficient (Wildman–Crippen LogP) is 1.30. The third kappa shape index (κ3) is 3.36. The summed E-state index contributed by atoms with van der Waals surface area (Å²) >= 11 is 0. The van der Waals surface area contributed by atoms with Gasteiger partial charge in [0.15, 0.2) is 5.69 Å². The van der Waals surface area contributed by atoms with E-state index in [9.17, 15) is 14.4 Å². The van der Waals surface area contributed by atoms with Crippen molar-refractivity contribution in [2.75, 3.05) is 19.6 Å². The first-order chi connectivity index (χ1) is 13.5. The maximum absolute atomic E-state index is 12.9. The lowest BCUT2D eigenvalue weighted by Crippen LogP contribution is -2.55. The zero-order valence-electron chi connectivity index (χ0n) is 15.3. The first kappa shape index (κ1) is 17.8. The summed E-state index contributed by atoms with van der Waals surface area (Å²) < 4.78 is 0. The predicted molar refractivity (Wildman–Crippen MR) is 103 cm³/mol. The molecule has 4 rings (SSSR count). The van der Waals surface area contributed by atoms with Crippen LogP contribution >= 0.6 is 0 Å². The smallest absolute Gasteiger partial charge is 0.274 e. The van der Waals surface area contributed by atoms with E-state index in [4.69, 9.17) is 0 Å².